The van der Waals surface area contributed by atoms with Crippen molar-refractivity contribution < 1.29 is 9.53 Å². The van der Waals surface area contributed by atoms with Crippen LogP contribution in [0.2, 0.25) is 0 Å². The maximum Gasteiger partial charge on any atom is 0.224 e. The second-order valence-electron chi connectivity index (χ2n) is 6.05. The first-order chi connectivity index (χ1) is 10.0. The Balaban J connectivity index is 2.28. The topological polar surface area (TPSA) is 55.6 Å². The SMILES string of the molecule is CCOc1ccccc1C1C(N)CC(=O)N1CCC(C)C. The van der Waals surface area contributed by atoms with E-state index in [-0.39, 0.29) is 18.0 Å². The van der Waals surface area contributed by atoms with Gasteiger partial charge in [0.25, 0.3) is 0 Å². The molecule has 0 saturated carbocycles. The number of likely N-dealkylation sites (tertiary alicyclic amines) is 1. The summed E-state index contributed by atoms with van der Waals surface area (Å²) in [4.78, 5) is 14.2. The summed E-state index contributed by atoms with van der Waals surface area (Å²) in [6, 6.07) is 7.68. The van der Waals surface area contributed by atoms with Gasteiger partial charge in [-0.25, -0.2) is 0 Å². The quantitative estimate of drug-likeness (QED) is 0.876. The Morgan fingerprint density at radius 1 is 1.38 bits per heavy atom. The van der Waals surface area contributed by atoms with E-state index in [9.17, 15) is 4.79 Å². The van der Waals surface area contributed by atoms with Gasteiger partial charge in [0.15, 0.2) is 0 Å². The molecule has 0 aromatic heterocycles. The lowest BCUT2D eigenvalue weighted by molar-refractivity contribution is -0.129. The molecule has 1 heterocycles. The molecular weight excluding hydrogens is 264 g/mol. The van der Waals surface area contributed by atoms with Crippen molar-refractivity contribution in [2.75, 3.05) is 13.2 Å². The Labute approximate surface area is 127 Å². The van der Waals surface area contributed by atoms with E-state index in [4.69, 9.17) is 10.5 Å². The minimum atomic E-state index is -0.161. The van der Waals surface area contributed by atoms with E-state index in [2.05, 4.69) is 13.8 Å². The third kappa shape index (κ3) is 3.56. The van der Waals surface area contributed by atoms with Gasteiger partial charge in [-0.15, -0.1) is 0 Å². The van der Waals surface area contributed by atoms with Crippen LogP contribution in [0.3, 0.4) is 0 Å². The summed E-state index contributed by atoms with van der Waals surface area (Å²) in [6.45, 7) is 7.68. The fraction of sp³-hybridized carbons (Fsp3) is 0.588. The maximum absolute atomic E-state index is 12.3. The summed E-state index contributed by atoms with van der Waals surface area (Å²) < 4.78 is 5.71. The lowest BCUT2D eigenvalue weighted by atomic mass is 9.99. The van der Waals surface area contributed by atoms with Gasteiger partial charge < -0.3 is 15.4 Å². The number of nitrogens with zero attached hydrogens (tertiary/aromatic N) is 1. The van der Waals surface area contributed by atoms with Gasteiger partial charge in [-0.1, -0.05) is 32.0 Å². The molecule has 1 amide bonds. The summed E-state index contributed by atoms with van der Waals surface area (Å²) in [6.07, 6.45) is 1.41. The average Bonchev–Trinajstić information content (AvgIpc) is 2.71. The van der Waals surface area contributed by atoms with E-state index < -0.39 is 0 Å². The van der Waals surface area contributed by atoms with Gasteiger partial charge in [-0.3, -0.25) is 4.79 Å². The first-order valence-electron chi connectivity index (χ1n) is 7.81. The largest absolute Gasteiger partial charge is 0.494 e. The van der Waals surface area contributed by atoms with Crippen LogP contribution >= 0.6 is 0 Å². The van der Waals surface area contributed by atoms with Crippen LogP contribution < -0.4 is 10.5 Å². The smallest absolute Gasteiger partial charge is 0.224 e. The molecule has 2 rings (SSSR count). The number of carbonyl (C=O) groups is 1. The van der Waals surface area contributed by atoms with Crippen LogP contribution in [0, 0.1) is 5.92 Å². The van der Waals surface area contributed by atoms with E-state index in [1.165, 1.54) is 0 Å². The highest BCUT2D eigenvalue weighted by molar-refractivity contribution is 5.80. The molecule has 116 valence electrons. The maximum atomic E-state index is 12.3. The third-order valence-corrected chi connectivity index (χ3v) is 3.96. The summed E-state index contributed by atoms with van der Waals surface area (Å²) in [7, 11) is 0. The summed E-state index contributed by atoms with van der Waals surface area (Å²) in [5.41, 5.74) is 7.27. The first kappa shape index (κ1) is 15.8. The van der Waals surface area contributed by atoms with Gasteiger partial charge in [-0.2, -0.15) is 0 Å². The van der Waals surface area contributed by atoms with E-state index in [0.717, 1.165) is 24.3 Å². The van der Waals surface area contributed by atoms with Crippen LogP contribution in [0.1, 0.15) is 45.2 Å². The molecule has 1 aliphatic rings. The summed E-state index contributed by atoms with van der Waals surface area (Å²) in [5.74, 6) is 1.56. The lowest BCUT2D eigenvalue weighted by Crippen LogP contribution is -2.34. The van der Waals surface area contributed by atoms with Crippen LogP contribution in [-0.4, -0.2) is 30.0 Å². The fourth-order valence-corrected chi connectivity index (χ4v) is 2.89. The molecule has 4 heteroatoms. The first-order valence-corrected chi connectivity index (χ1v) is 7.81. The predicted molar refractivity (Wildman–Crippen MR) is 84.1 cm³/mol. The molecule has 2 N–H and O–H groups in total. The van der Waals surface area contributed by atoms with Crippen molar-refractivity contribution in [2.24, 2.45) is 11.7 Å². The molecule has 0 bridgehead atoms. The number of hydrogen-bond acceptors (Lipinski definition) is 3. The minimum Gasteiger partial charge on any atom is -0.494 e. The number of rotatable bonds is 6. The van der Waals surface area contributed by atoms with Crippen LogP contribution in [0.25, 0.3) is 0 Å². The van der Waals surface area contributed by atoms with E-state index in [1.54, 1.807) is 0 Å². The number of nitrogens with two attached hydrogens (primary N) is 1. The number of hydrogen-bond donors (Lipinski definition) is 1. The van der Waals surface area contributed by atoms with Crippen LogP contribution in [0.15, 0.2) is 24.3 Å². The molecule has 1 saturated heterocycles. The van der Waals surface area contributed by atoms with Gasteiger partial charge in [0.05, 0.1) is 12.6 Å². The molecular formula is C17H26N2O2. The van der Waals surface area contributed by atoms with Gasteiger partial charge in [0.2, 0.25) is 5.91 Å². The zero-order valence-corrected chi connectivity index (χ0v) is 13.2. The van der Waals surface area contributed by atoms with E-state index in [0.29, 0.717) is 18.9 Å². The van der Waals surface area contributed by atoms with Crippen molar-refractivity contribution in [1.82, 2.24) is 4.90 Å². The second-order valence-corrected chi connectivity index (χ2v) is 6.05. The third-order valence-electron chi connectivity index (χ3n) is 3.96. The standard InChI is InChI=1S/C17H26N2O2/c1-4-21-15-8-6-5-7-13(15)17-14(18)11-16(20)19(17)10-9-12(2)3/h5-8,12,14,17H,4,9-11,18H2,1-3H3. The van der Waals surface area contributed by atoms with Crippen molar-refractivity contribution in [3.63, 3.8) is 0 Å². The zero-order chi connectivity index (χ0) is 15.4. The minimum absolute atomic E-state index is 0.0704. The number of amides is 1. The van der Waals surface area contributed by atoms with Crippen LogP contribution in [0.4, 0.5) is 0 Å². The fourth-order valence-electron chi connectivity index (χ4n) is 2.89. The van der Waals surface area contributed by atoms with Crippen LogP contribution in [0.5, 0.6) is 5.75 Å². The second kappa shape index (κ2) is 6.94. The average molecular weight is 290 g/mol. The molecule has 0 radical (unpaired) electrons. The normalized spacial score (nSPS) is 22.1. The van der Waals surface area contributed by atoms with Crippen molar-refractivity contribution in [3.05, 3.63) is 29.8 Å². The molecule has 21 heavy (non-hydrogen) atoms. The number of ether oxygens (including phenoxy) is 1. The molecule has 2 atom stereocenters. The van der Waals surface area contributed by atoms with Gasteiger partial charge in [0, 0.05) is 24.6 Å². The Hall–Kier alpha value is -1.55. The van der Waals surface area contributed by atoms with Crippen molar-refractivity contribution in [2.45, 2.75) is 45.7 Å². The highest BCUT2D eigenvalue weighted by atomic mass is 16.5. The molecule has 1 fully saturated rings. The number of para-hydroxylation sites is 1. The number of benzene rings is 1. The highest BCUT2D eigenvalue weighted by Gasteiger charge is 2.39. The summed E-state index contributed by atoms with van der Waals surface area (Å²) >= 11 is 0. The number of carbonyl (C=O) groups excluding carboxylic acids is 1. The lowest BCUT2D eigenvalue weighted by Gasteiger charge is -2.29. The van der Waals surface area contributed by atoms with Gasteiger partial charge >= 0.3 is 0 Å². The zero-order valence-electron chi connectivity index (χ0n) is 13.2. The van der Waals surface area contributed by atoms with E-state index >= 15 is 0 Å². The Bertz CT molecular complexity index is 487. The van der Waals surface area contributed by atoms with Crippen molar-refractivity contribution in [3.8, 4) is 5.75 Å². The molecule has 0 spiro atoms. The van der Waals surface area contributed by atoms with E-state index in [1.807, 2.05) is 36.1 Å². The highest BCUT2D eigenvalue weighted by Crippen LogP contribution is 2.37. The molecule has 0 aliphatic carbocycles. The molecule has 4 nitrogen and oxygen atoms in total. The van der Waals surface area contributed by atoms with Gasteiger partial charge in [0.1, 0.15) is 5.75 Å². The predicted octanol–water partition coefficient (Wildman–Crippen LogP) is 2.73. The molecule has 2 unspecified atom stereocenters. The molecule has 1 aromatic carbocycles. The van der Waals surface area contributed by atoms with Crippen molar-refractivity contribution >= 4 is 5.91 Å². The Morgan fingerprint density at radius 3 is 2.76 bits per heavy atom. The molecule has 1 aliphatic heterocycles. The summed E-state index contributed by atoms with van der Waals surface area (Å²) in [5, 5.41) is 0. The van der Waals surface area contributed by atoms with Crippen LogP contribution in [-0.2, 0) is 4.79 Å². The Kier molecular flexibility index (Phi) is 5.23. The van der Waals surface area contributed by atoms with Gasteiger partial charge in [-0.05, 0) is 25.3 Å². The monoisotopic (exact) mass is 290 g/mol. The van der Waals surface area contributed by atoms with Crippen molar-refractivity contribution in [1.29, 1.82) is 0 Å². The molecule has 1 aromatic rings. The Morgan fingerprint density at radius 2 is 2.10 bits per heavy atom.